The summed E-state index contributed by atoms with van der Waals surface area (Å²) in [6.45, 7) is 9.00. The zero-order chi connectivity index (χ0) is 18.0. The molecule has 6 heteroatoms. The van der Waals surface area contributed by atoms with Crippen LogP contribution >= 0.6 is 0 Å². The van der Waals surface area contributed by atoms with E-state index in [2.05, 4.69) is 5.10 Å². The molecular weight excluding hydrogens is 316 g/mol. The van der Waals surface area contributed by atoms with Crippen molar-refractivity contribution >= 4 is 11.8 Å². The Kier molecular flexibility index (Phi) is 5.45. The number of rotatable bonds is 3. The van der Waals surface area contributed by atoms with Crippen LogP contribution in [0.3, 0.4) is 0 Å². The maximum absolute atomic E-state index is 12.8. The van der Waals surface area contributed by atoms with Gasteiger partial charge in [0.25, 0.3) is 0 Å². The molecule has 1 atom stereocenters. The third kappa shape index (κ3) is 3.88. The van der Waals surface area contributed by atoms with Crippen molar-refractivity contribution in [3.63, 3.8) is 0 Å². The molecule has 138 valence electrons. The van der Waals surface area contributed by atoms with Gasteiger partial charge >= 0.3 is 0 Å². The number of hydrogen-bond donors (Lipinski definition) is 0. The maximum atomic E-state index is 12.8. The van der Waals surface area contributed by atoms with Crippen LogP contribution in [0.25, 0.3) is 0 Å². The highest BCUT2D eigenvalue weighted by atomic mass is 16.2. The van der Waals surface area contributed by atoms with Crippen LogP contribution in [-0.2, 0) is 9.59 Å². The lowest BCUT2D eigenvalue weighted by Gasteiger charge is -2.36. The SMILES string of the molecule is Cc1cc(C)n(C(C)C(=O)N2CCC(C(=O)N3CCCCC3)CC2)n1. The fourth-order valence-corrected chi connectivity index (χ4v) is 4.13. The number of nitrogens with zero attached hydrogens (tertiary/aromatic N) is 4. The minimum absolute atomic E-state index is 0.0890. The Morgan fingerprint density at radius 1 is 1.04 bits per heavy atom. The van der Waals surface area contributed by atoms with Crippen molar-refractivity contribution in [2.75, 3.05) is 26.2 Å². The number of amides is 2. The van der Waals surface area contributed by atoms with Crippen molar-refractivity contribution in [2.24, 2.45) is 5.92 Å². The van der Waals surface area contributed by atoms with E-state index < -0.39 is 0 Å². The molecule has 0 N–H and O–H groups in total. The fraction of sp³-hybridized carbons (Fsp3) is 0.737. The largest absolute Gasteiger partial charge is 0.342 e. The number of aryl methyl sites for hydroxylation is 2. The van der Waals surface area contributed by atoms with Crippen LogP contribution < -0.4 is 0 Å². The van der Waals surface area contributed by atoms with E-state index in [1.165, 1.54) is 6.42 Å². The van der Waals surface area contributed by atoms with Gasteiger partial charge in [0.1, 0.15) is 6.04 Å². The van der Waals surface area contributed by atoms with Gasteiger partial charge in [-0.25, -0.2) is 0 Å². The summed E-state index contributed by atoms with van der Waals surface area (Å²) in [7, 11) is 0. The van der Waals surface area contributed by atoms with Gasteiger partial charge in [0.2, 0.25) is 11.8 Å². The first kappa shape index (κ1) is 18.0. The van der Waals surface area contributed by atoms with Gasteiger partial charge in [-0.15, -0.1) is 0 Å². The molecule has 1 aromatic heterocycles. The highest BCUT2D eigenvalue weighted by Gasteiger charge is 2.32. The summed E-state index contributed by atoms with van der Waals surface area (Å²) >= 11 is 0. The summed E-state index contributed by atoms with van der Waals surface area (Å²) < 4.78 is 1.81. The third-order valence-corrected chi connectivity index (χ3v) is 5.59. The molecule has 0 aromatic carbocycles. The van der Waals surface area contributed by atoms with Crippen LogP contribution in [0, 0.1) is 19.8 Å². The van der Waals surface area contributed by atoms with E-state index in [1.807, 2.05) is 41.3 Å². The molecule has 6 nitrogen and oxygen atoms in total. The van der Waals surface area contributed by atoms with Gasteiger partial charge in [0.15, 0.2) is 0 Å². The zero-order valence-corrected chi connectivity index (χ0v) is 15.7. The van der Waals surface area contributed by atoms with Gasteiger partial charge in [-0.3, -0.25) is 14.3 Å². The minimum atomic E-state index is -0.289. The molecular formula is C19H30N4O2. The molecule has 2 saturated heterocycles. The molecule has 0 radical (unpaired) electrons. The minimum Gasteiger partial charge on any atom is -0.342 e. The second kappa shape index (κ2) is 7.58. The van der Waals surface area contributed by atoms with Crippen molar-refractivity contribution < 1.29 is 9.59 Å². The predicted octanol–water partition coefficient (Wildman–Crippen LogP) is 2.31. The molecule has 0 aliphatic carbocycles. The Labute approximate surface area is 150 Å². The molecule has 0 spiro atoms. The number of aromatic nitrogens is 2. The molecule has 3 rings (SSSR count). The van der Waals surface area contributed by atoms with Crippen molar-refractivity contribution in [3.8, 4) is 0 Å². The van der Waals surface area contributed by atoms with E-state index in [0.717, 1.165) is 50.2 Å². The molecule has 0 saturated carbocycles. The Morgan fingerprint density at radius 2 is 1.68 bits per heavy atom. The van der Waals surface area contributed by atoms with E-state index in [-0.39, 0.29) is 17.9 Å². The maximum Gasteiger partial charge on any atom is 0.247 e. The molecule has 2 aliphatic heterocycles. The van der Waals surface area contributed by atoms with Crippen molar-refractivity contribution in [1.82, 2.24) is 19.6 Å². The van der Waals surface area contributed by atoms with Crippen LogP contribution in [0.2, 0.25) is 0 Å². The van der Waals surface area contributed by atoms with Crippen molar-refractivity contribution in [1.29, 1.82) is 0 Å². The van der Waals surface area contributed by atoms with Crippen LogP contribution in [0.5, 0.6) is 0 Å². The Balaban J connectivity index is 1.55. The summed E-state index contributed by atoms with van der Waals surface area (Å²) in [6.07, 6.45) is 5.06. The summed E-state index contributed by atoms with van der Waals surface area (Å²) in [5.74, 6) is 0.500. The average Bonchev–Trinajstić information content (AvgIpc) is 2.99. The van der Waals surface area contributed by atoms with Crippen LogP contribution in [0.1, 0.15) is 56.5 Å². The first-order valence-electron chi connectivity index (χ1n) is 9.57. The van der Waals surface area contributed by atoms with Crippen molar-refractivity contribution in [2.45, 2.75) is 58.9 Å². The van der Waals surface area contributed by atoms with Gasteiger partial charge in [-0.05, 0) is 58.9 Å². The number of piperidine rings is 2. The fourth-order valence-electron chi connectivity index (χ4n) is 4.13. The molecule has 0 bridgehead atoms. The van der Waals surface area contributed by atoms with Gasteiger partial charge in [0, 0.05) is 37.8 Å². The molecule has 2 aliphatic rings. The monoisotopic (exact) mass is 346 g/mol. The highest BCUT2D eigenvalue weighted by Crippen LogP contribution is 2.24. The number of carbonyl (C=O) groups is 2. The predicted molar refractivity (Wildman–Crippen MR) is 96.1 cm³/mol. The summed E-state index contributed by atoms with van der Waals surface area (Å²) in [4.78, 5) is 29.4. The van der Waals surface area contributed by atoms with Crippen LogP contribution in [0.15, 0.2) is 6.07 Å². The lowest BCUT2D eigenvalue weighted by Crippen LogP contribution is -2.47. The summed E-state index contributed by atoms with van der Waals surface area (Å²) in [5, 5.41) is 4.44. The molecule has 1 unspecified atom stereocenters. The van der Waals surface area contributed by atoms with Gasteiger partial charge < -0.3 is 9.80 Å². The molecule has 3 heterocycles. The average molecular weight is 346 g/mol. The van der Waals surface area contributed by atoms with E-state index in [9.17, 15) is 9.59 Å². The van der Waals surface area contributed by atoms with Crippen LogP contribution in [-0.4, -0.2) is 57.6 Å². The van der Waals surface area contributed by atoms with Gasteiger partial charge in [-0.2, -0.15) is 5.10 Å². The Hall–Kier alpha value is -1.85. The molecule has 1 aromatic rings. The molecule has 2 amide bonds. The standard InChI is InChI=1S/C19H30N4O2/c1-14-13-15(2)23(20-14)16(3)18(24)22-11-7-17(8-12-22)19(25)21-9-5-4-6-10-21/h13,16-17H,4-12H2,1-3H3. The van der Waals surface area contributed by atoms with Gasteiger partial charge in [-0.1, -0.05) is 0 Å². The Bertz CT molecular complexity index is 625. The smallest absolute Gasteiger partial charge is 0.247 e. The Morgan fingerprint density at radius 3 is 2.24 bits per heavy atom. The molecule has 2 fully saturated rings. The number of hydrogen-bond acceptors (Lipinski definition) is 3. The number of likely N-dealkylation sites (tertiary alicyclic amines) is 2. The highest BCUT2D eigenvalue weighted by molar-refractivity contribution is 5.82. The van der Waals surface area contributed by atoms with E-state index in [0.29, 0.717) is 19.0 Å². The van der Waals surface area contributed by atoms with Crippen molar-refractivity contribution in [3.05, 3.63) is 17.5 Å². The van der Waals surface area contributed by atoms with E-state index in [1.54, 1.807) is 0 Å². The lowest BCUT2D eigenvalue weighted by atomic mass is 9.94. The zero-order valence-electron chi connectivity index (χ0n) is 15.7. The van der Waals surface area contributed by atoms with E-state index in [4.69, 9.17) is 0 Å². The van der Waals surface area contributed by atoms with Gasteiger partial charge in [0.05, 0.1) is 5.69 Å². The third-order valence-electron chi connectivity index (χ3n) is 5.59. The number of carbonyl (C=O) groups excluding carboxylic acids is 2. The quantitative estimate of drug-likeness (QED) is 0.844. The topological polar surface area (TPSA) is 58.4 Å². The normalized spacial score (nSPS) is 20.6. The summed E-state index contributed by atoms with van der Waals surface area (Å²) in [6, 6.07) is 1.70. The second-order valence-electron chi connectivity index (χ2n) is 7.53. The lowest BCUT2D eigenvalue weighted by molar-refractivity contribution is -0.142. The first-order valence-corrected chi connectivity index (χ1v) is 9.57. The van der Waals surface area contributed by atoms with E-state index >= 15 is 0 Å². The molecule has 25 heavy (non-hydrogen) atoms. The first-order chi connectivity index (χ1) is 12.0. The summed E-state index contributed by atoms with van der Waals surface area (Å²) in [5.41, 5.74) is 1.94. The second-order valence-corrected chi connectivity index (χ2v) is 7.53. The van der Waals surface area contributed by atoms with Crippen LogP contribution in [0.4, 0.5) is 0 Å².